The van der Waals surface area contributed by atoms with Crippen molar-refractivity contribution in [1.82, 2.24) is 24.1 Å². The molecule has 14 rings (SSSR count). The maximum atomic E-state index is 12.3. The molecule has 0 unspecified atom stereocenters. The van der Waals surface area contributed by atoms with Crippen LogP contribution in [0.1, 0.15) is 5.56 Å². The van der Waals surface area contributed by atoms with Gasteiger partial charge >= 0.3 is 0 Å². The lowest BCUT2D eigenvalue weighted by Crippen LogP contribution is -2.10. The second-order valence-electron chi connectivity index (χ2n) is 16.6. The van der Waals surface area contributed by atoms with Gasteiger partial charge in [0.05, 0.1) is 44.5 Å². The lowest BCUT2D eigenvalue weighted by Gasteiger charge is -2.27. The molecular formula is C58H32N6. The van der Waals surface area contributed by atoms with Crippen molar-refractivity contribution in [1.29, 1.82) is 5.26 Å². The van der Waals surface area contributed by atoms with Crippen LogP contribution in [0.25, 0.3) is 132 Å². The third kappa shape index (κ3) is 4.49. The molecule has 0 spiro atoms. The standard InChI is InChI=1S/C58H32N6/c59-31-42-57(63-44-26-10-21-37-39-25-14-30-61-55(39)40-23-12-28-46(63)53(40)51(37)44)49(35-17-6-2-7-18-35)48(34-15-4-1-5-16-34)50(36-19-8-3-9-20-36)58(42)64-45-27-11-22-38-43-32-60-33-62-56(43)41-24-13-29-47(64)54(41)52(38)45/h1-30,32-33H. The zero-order valence-corrected chi connectivity index (χ0v) is 34.2. The lowest BCUT2D eigenvalue weighted by atomic mass is 9.82. The molecule has 0 aliphatic heterocycles. The van der Waals surface area contributed by atoms with Crippen LogP contribution in [0.15, 0.2) is 195 Å². The lowest BCUT2D eigenvalue weighted by molar-refractivity contribution is 1.12. The summed E-state index contributed by atoms with van der Waals surface area (Å²) in [4.78, 5) is 14.4. The third-order valence-corrected chi connectivity index (χ3v) is 13.4. The first-order chi connectivity index (χ1) is 31.8. The minimum Gasteiger partial charge on any atom is -0.307 e. The van der Waals surface area contributed by atoms with Crippen LogP contribution in [0, 0.1) is 11.3 Å². The topological polar surface area (TPSA) is 72.3 Å². The Morgan fingerprint density at radius 2 is 0.797 bits per heavy atom. The van der Waals surface area contributed by atoms with Crippen LogP contribution >= 0.6 is 0 Å². The molecule has 64 heavy (non-hydrogen) atoms. The number of fused-ring (bicyclic) bond motifs is 6. The maximum absolute atomic E-state index is 12.3. The molecule has 0 aliphatic carbocycles. The minimum atomic E-state index is 0.563. The van der Waals surface area contributed by atoms with Gasteiger partial charge in [-0.25, -0.2) is 9.97 Å². The first-order valence-electron chi connectivity index (χ1n) is 21.5. The number of benzene rings is 10. The van der Waals surface area contributed by atoms with Crippen molar-refractivity contribution >= 4 is 87.0 Å². The second kappa shape index (κ2) is 13.0. The summed E-state index contributed by atoms with van der Waals surface area (Å²) in [6.45, 7) is 0. The number of hydrogen-bond acceptors (Lipinski definition) is 4. The Kier molecular flexibility index (Phi) is 7.08. The first kappa shape index (κ1) is 34.8. The van der Waals surface area contributed by atoms with Gasteiger partial charge in [0, 0.05) is 72.2 Å². The van der Waals surface area contributed by atoms with Crippen molar-refractivity contribution < 1.29 is 0 Å². The predicted molar refractivity (Wildman–Crippen MR) is 262 cm³/mol. The molecule has 6 heteroatoms. The summed E-state index contributed by atoms with van der Waals surface area (Å²) < 4.78 is 4.74. The van der Waals surface area contributed by atoms with Crippen molar-refractivity contribution in [3.05, 3.63) is 200 Å². The molecule has 0 atom stereocenters. The molecule has 0 aliphatic rings. The Balaban J connectivity index is 1.30. The van der Waals surface area contributed by atoms with Crippen molar-refractivity contribution in [3.63, 3.8) is 0 Å². The molecule has 6 nitrogen and oxygen atoms in total. The van der Waals surface area contributed by atoms with E-state index in [4.69, 9.17) is 9.97 Å². The number of aromatic nitrogens is 5. The summed E-state index contributed by atoms with van der Waals surface area (Å²) in [5.41, 5.74) is 14.2. The van der Waals surface area contributed by atoms with Crippen molar-refractivity contribution in [2.45, 2.75) is 0 Å². The smallest absolute Gasteiger partial charge is 0.116 e. The highest BCUT2D eigenvalue weighted by atomic mass is 15.0. The fourth-order valence-electron chi connectivity index (χ4n) is 11.1. The monoisotopic (exact) mass is 812 g/mol. The van der Waals surface area contributed by atoms with E-state index >= 15 is 0 Å². The molecule has 0 saturated heterocycles. The molecule has 14 aromatic rings. The molecule has 0 amide bonds. The van der Waals surface area contributed by atoms with E-state index in [0.717, 1.165) is 132 Å². The van der Waals surface area contributed by atoms with Gasteiger partial charge in [0.1, 0.15) is 18.0 Å². The van der Waals surface area contributed by atoms with Crippen molar-refractivity contribution in [2.75, 3.05) is 0 Å². The van der Waals surface area contributed by atoms with Gasteiger partial charge < -0.3 is 9.13 Å². The van der Waals surface area contributed by atoms with Gasteiger partial charge in [-0.15, -0.1) is 0 Å². The largest absolute Gasteiger partial charge is 0.307 e. The number of hydrogen-bond donors (Lipinski definition) is 0. The van der Waals surface area contributed by atoms with E-state index in [0.29, 0.717) is 5.56 Å². The van der Waals surface area contributed by atoms with Gasteiger partial charge in [0.25, 0.3) is 0 Å². The molecule has 0 radical (unpaired) electrons. The van der Waals surface area contributed by atoms with Crippen LogP contribution in [0.5, 0.6) is 0 Å². The highest BCUT2D eigenvalue weighted by Crippen LogP contribution is 2.54. The van der Waals surface area contributed by atoms with Gasteiger partial charge in [0.2, 0.25) is 0 Å². The van der Waals surface area contributed by atoms with E-state index in [1.165, 1.54) is 0 Å². The molecular weight excluding hydrogens is 781 g/mol. The molecule has 0 fully saturated rings. The van der Waals surface area contributed by atoms with E-state index in [-0.39, 0.29) is 0 Å². The maximum Gasteiger partial charge on any atom is 0.116 e. The van der Waals surface area contributed by atoms with E-state index in [2.05, 4.69) is 190 Å². The molecule has 0 bridgehead atoms. The average Bonchev–Trinajstić information content (AvgIpc) is 3.89. The number of rotatable bonds is 5. The van der Waals surface area contributed by atoms with Gasteiger partial charge in [0.15, 0.2) is 0 Å². The average molecular weight is 813 g/mol. The number of nitrogens with zero attached hydrogens (tertiary/aromatic N) is 6. The SMILES string of the molecule is N#Cc1c(-n2c3cccc4c5cccnc5c5cccc2c5c43)c(-c2ccccc2)c(-c2ccccc2)c(-c2ccccc2)c1-n1c2cccc3c4cncnc4c4cccc1c4c32. The summed E-state index contributed by atoms with van der Waals surface area (Å²) in [6, 6.07) is 65.2. The molecule has 0 saturated carbocycles. The molecule has 294 valence electrons. The molecule has 0 N–H and O–H groups in total. The number of pyridine rings is 1. The summed E-state index contributed by atoms with van der Waals surface area (Å²) in [6.07, 6.45) is 5.44. The van der Waals surface area contributed by atoms with Crippen LogP contribution in [0.4, 0.5) is 0 Å². The molecule has 10 aromatic carbocycles. The highest BCUT2D eigenvalue weighted by Gasteiger charge is 2.33. The Hall–Kier alpha value is -8.92. The van der Waals surface area contributed by atoms with E-state index < -0.39 is 0 Å². The van der Waals surface area contributed by atoms with Gasteiger partial charge in [-0.05, 0) is 57.8 Å². The zero-order chi connectivity index (χ0) is 42.0. The zero-order valence-electron chi connectivity index (χ0n) is 34.2. The first-order valence-corrected chi connectivity index (χ1v) is 21.5. The normalized spacial score (nSPS) is 12.0. The minimum absolute atomic E-state index is 0.563. The molecule has 4 aromatic heterocycles. The van der Waals surface area contributed by atoms with Crippen LogP contribution in [-0.2, 0) is 0 Å². The Morgan fingerprint density at radius 1 is 0.375 bits per heavy atom. The summed E-state index contributed by atoms with van der Waals surface area (Å²) >= 11 is 0. The highest BCUT2D eigenvalue weighted by molar-refractivity contribution is 6.35. The van der Waals surface area contributed by atoms with Crippen molar-refractivity contribution in [2.24, 2.45) is 0 Å². The summed E-state index contributed by atoms with van der Waals surface area (Å²) in [5.74, 6) is 0. The second-order valence-corrected chi connectivity index (χ2v) is 16.6. The summed E-state index contributed by atoms with van der Waals surface area (Å²) in [7, 11) is 0. The van der Waals surface area contributed by atoms with Crippen LogP contribution in [0.2, 0.25) is 0 Å². The quantitative estimate of drug-likeness (QED) is 0.162. The fraction of sp³-hybridized carbons (Fsp3) is 0. The van der Waals surface area contributed by atoms with Gasteiger partial charge in [-0.1, -0.05) is 146 Å². The van der Waals surface area contributed by atoms with E-state index in [9.17, 15) is 5.26 Å². The predicted octanol–water partition coefficient (Wildman–Crippen LogP) is 14.4. The van der Waals surface area contributed by atoms with Crippen LogP contribution in [0.3, 0.4) is 0 Å². The van der Waals surface area contributed by atoms with Crippen LogP contribution < -0.4 is 0 Å². The van der Waals surface area contributed by atoms with E-state index in [1.807, 2.05) is 18.5 Å². The molecule has 4 heterocycles. The van der Waals surface area contributed by atoms with E-state index in [1.54, 1.807) is 6.33 Å². The Morgan fingerprint density at radius 3 is 1.30 bits per heavy atom. The Labute approximate surface area is 365 Å². The van der Waals surface area contributed by atoms with Gasteiger partial charge in [-0.2, -0.15) is 5.26 Å². The fourth-order valence-corrected chi connectivity index (χ4v) is 11.1. The third-order valence-electron chi connectivity index (χ3n) is 13.4. The Bertz CT molecular complexity index is 3820. The number of nitriles is 1. The summed E-state index contributed by atoms with van der Waals surface area (Å²) in [5, 5.41) is 23.3. The van der Waals surface area contributed by atoms with Crippen LogP contribution in [-0.4, -0.2) is 24.1 Å². The van der Waals surface area contributed by atoms with Crippen molar-refractivity contribution in [3.8, 4) is 50.8 Å². The van der Waals surface area contributed by atoms with Gasteiger partial charge in [-0.3, -0.25) is 4.98 Å².